The molecule has 0 fully saturated rings. The molecular weight excluding hydrogens is 335 g/mol. The Morgan fingerprint density at radius 2 is 2.09 bits per heavy atom. The summed E-state index contributed by atoms with van der Waals surface area (Å²) in [5.74, 6) is -0.483. The van der Waals surface area contributed by atoms with Crippen molar-refractivity contribution >= 4 is 35.3 Å². The summed E-state index contributed by atoms with van der Waals surface area (Å²) in [5, 5.41) is 5.97. The van der Waals surface area contributed by atoms with Crippen molar-refractivity contribution in [2.75, 3.05) is 11.9 Å². The highest BCUT2D eigenvalue weighted by molar-refractivity contribution is 7.14. The molecule has 0 atom stereocenters. The van der Waals surface area contributed by atoms with Gasteiger partial charge in [0.2, 0.25) is 0 Å². The zero-order valence-corrected chi connectivity index (χ0v) is 14.2. The van der Waals surface area contributed by atoms with Crippen molar-refractivity contribution in [3.63, 3.8) is 0 Å². The van der Waals surface area contributed by atoms with Gasteiger partial charge in [-0.2, -0.15) is 0 Å². The molecule has 1 aliphatic heterocycles. The normalized spacial score (nSPS) is 15.5. The molecule has 1 aromatic heterocycles. The lowest BCUT2D eigenvalue weighted by molar-refractivity contribution is 0.103. The van der Waals surface area contributed by atoms with Gasteiger partial charge in [-0.15, -0.1) is 23.7 Å². The van der Waals surface area contributed by atoms with E-state index in [1.165, 1.54) is 28.2 Å². The first kappa shape index (κ1) is 16.4. The lowest BCUT2D eigenvalue weighted by Gasteiger charge is -2.19. The van der Waals surface area contributed by atoms with E-state index in [9.17, 15) is 9.18 Å². The van der Waals surface area contributed by atoms with Crippen molar-refractivity contribution in [2.24, 2.45) is 0 Å². The summed E-state index contributed by atoms with van der Waals surface area (Å²) >= 11 is 1.54. The van der Waals surface area contributed by atoms with E-state index in [4.69, 9.17) is 0 Å². The highest BCUT2D eigenvalue weighted by atomic mass is 35.5. The Balaban J connectivity index is 0.00000156. The van der Waals surface area contributed by atoms with E-state index >= 15 is 0 Å². The molecule has 2 aromatic rings. The molecule has 1 aromatic carbocycles. The van der Waals surface area contributed by atoms with E-state index in [-0.39, 0.29) is 24.1 Å². The average molecular weight is 353 g/mol. The number of hydrogen-bond donors (Lipinski definition) is 2. The van der Waals surface area contributed by atoms with Gasteiger partial charge in [-0.3, -0.25) is 4.79 Å². The van der Waals surface area contributed by atoms with Gasteiger partial charge in [0.25, 0.3) is 5.91 Å². The Kier molecular flexibility index (Phi) is 4.71. The second-order valence-corrected chi connectivity index (χ2v) is 7.00. The summed E-state index contributed by atoms with van der Waals surface area (Å²) in [7, 11) is 0. The molecule has 2 N–H and O–H groups in total. The molecule has 2 aliphatic rings. The number of carbonyl (C=O) groups is 1. The molecule has 1 aliphatic carbocycles. The molecule has 0 spiro atoms. The standard InChI is InChI=1S/C17H17FN2OS.ClH/c18-16-12-6-7-19-9-11(12)4-5-13(16)20-17(21)15-8-10-2-1-3-14(10)22-15;/h4-5,8,19H,1-3,6-7,9H2,(H,20,21);1H. The molecule has 0 saturated carbocycles. The van der Waals surface area contributed by atoms with Crippen molar-refractivity contribution in [1.29, 1.82) is 0 Å². The van der Waals surface area contributed by atoms with Gasteiger partial charge in [-0.05, 0) is 61.1 Å². The van der Waals surface area contributed by atoms with Crippen molar-refractivity contribution in [1.82, 2.24) is 5.32 Å². The maximum atomic E-state index is 14.6. The van der Waals surface area contributed by atoms with Gasteiger partial charge in [-0.1, -0.05) is 6.07 Å². The Morgan fingerprint density at radius 1 is 1.22 bits per heavy atom. The van der Waals surface area contributed by atoms with Crippen LogP contribution in [0.15, 0.2) is 18.2 Å². The van der Waals surface area contributed by atoms with E-state index in [2.05, 4.69) is 10.6 Å². The highest BCUT2D eigenvalue weighted by Gasteiger charge is 2.21. The van der Waals surface area contributed by atoms with Crippen LogP contribution in [0, 0.1) is 5.82 Å². The van der Waals surface area contributed by atoms with Crippen LogP contribution in [-0.4, -0.2) is 12.5 Å². The summed E-state index contributed by atoms with van der Waals surface area (Å²) in [5.41, 5.74) is 3.29. The number of nitrogens with one attached hydrogen (secondary N) is 2. The van der Waals surface area contributed by atoms with Crippen LogP contribution in [0.4, 0.5) is 10.1 Å². The molecule has 0 bridgehead atoms. The number of thiophene rings is 1. The van der Waals surface area contributed by atoms with E-state index in [1.54, 1.807) is 6.07 Å². The minimum Gasteiger partial charge on any atom is -0.319 e. The average Bonchev–Trinajstić information content (AvgIpc) is 3.12. The Labute approximate surface area is 144 Å². The lowest BCUT2D eigenvalue weighted by atomic mass is 9.99. The number of fused-ring (bicyclic) bond motifs is 2. The third-order valence-electron chi connectivity index (χ3n) is 4.43. The third kappa shape index (κ3) is 3.01. The number of halogens is 2. The molecule has 0 radical (unpaired) electrons. The summed E-state index contributed by atoms with van der Waals surface area (Å²) in [6.07, 6.45) is 3.96. The van der Waals surface area contributed by atoms with Crippen molar-refractivity contribution < 1.29 is 9.18 Å². The van der Waals surface area contributed by atoms with Crippen LogP contribution in [0.1, 0.15) is 37.7 Å². The summed E-state index contributed by atoms with van der Waals surface area (Å²) in [6.45, 7) is 1.47. The maximum absolute atomic E-state index is 14.6. The predicted molar refractivity (Wildman–Crippen MR) is 93.4 cm³/mol. The highest BCUT2D eigenvalue weighted by Crippen LogP contribution is 2.31. The first-order valence-corrected chi connectivity index (χ1v) is 8.48. The zero-order valence-electron chi connectivity index (χ0n) is 12.6. The number of carbonyl (C=O) groups excluding carboxylic acids is 1. The summed E-state index contributed by atoms with van der Waals surface area (Å²) in [6, 6.07) is 5.53. The number of anilines is 1. The topological polar surface area (TPSA) is 41.1 Å². The van der Waals surface area contributed by atoms with Crippen LogP contribution >= 0.6 is 23.7 Å². The van der Waals surface area contributed by atoms with E-state index < -0.39 is 0 Å². The largest absolute Gasteiger partial charge is 0.319 e. The van der Waals surface area contributed by atoms with Gasteiger partial charge in [0, 0.05) is 11.4 Å². The van der Waals surface area contributed by atoms with Crippen LogP contribution in [0.3, 0.4) is 0 Å². The van der Waals surface area contributed by atoms with Crippen LogP contribution < -0.4 is 10.6 Å². The zero-order chi connectivity index (χ0) is 15.1. The quantitative estimate of drug-likeness (QED) is 0.865. The van der Waals surface area contributed by atoms with Crippen molar-refractivity contribution in [3.8, 4) is 0 Å². The van der Waals surface area contributed by atoms with Crippen molar-refractivity contribution in [3.05, 3.63) is 50.5 Å². The fourth-order valence-electron chi connectivity index (χ4n) is 3.25. The van der Waals surface area contributed by atoms with Gasteiger partial charge >= 0.3 is 0 Å². The number of hydrogen-bond acceptors (Lipinski definition) is 3. The van der Waals surface area contributed by atoms with E-state index in [0.29, 0.717) is 23.5 Å². The molecular formula is C17H18ClFN2OS. The summed E-state index contributed by atoms with van der Waals surface area (Å²) < 4.78 is 14.6. The van der Waals surface area contributed by atoms with Gasteiger partial charge in [-0.25, -0.2) is 4.39 Å². The van der Waals surface area contributed by atoms with Gasteiger partial charge < -0.3 is 10.6 Å². The molecule has 0 unspecified atom stereocenters. The molecule has 3 nitrogen and oxygen atoms in total. The first-order chi connectivity index (χ1) is 10.7. The smallest absolute Gasteiger partial charge is 0.265 e. The number of benzene rings is 1. The second-order valence-electron chi connectivity index (χ2n) is 5.86. The monoisotopic (exact) mass is 352 g/mol. The van der Waals surface area contributed by atoms with Crippen LogP contribution in [0.25, 0.3) is 0 Å². The first-order valence-electron chi connectivity index (χ1n) is 7.66. The van der Waals surface area contributed by atoms with Crippen LogP contribution in [-0.2, 0) is 25.8 Å². The molecule has 4 rings (SSSR count). The molecule has 2 heterocycles. The minimum atomic E-state index is -0.281. The predicted octanol–water partition coefficient (Wildman–Crippen LogP) is 3.70. The van der Waals surface area contributed by atoms with Gasteiger partial charge in [0.1, 0.15) is 5.82 Å². The Hall–Kier alpha value is -1.43. The van der Waals surface area contributed by atoms with E-state index in [1.807, 2.05) is 12.1 Å². The number of rotatable bonds is 2. The van der Waals surface area contributed by atoms with Crippen LogP contribution in [0.5, 0.6) is 0 Å². The Bertz CT molecular complexity index is 738. The molecule has 0 saturated heterocycles. The molecule has 6 heteroatoms. The second kappa shape index (κ2) is 6.59. The lowest BCUT2D eigenvalue weighted by Crippen LogP contribution is -2.25. The van der Waals surface area contributed by atoms with Gasteiger partial charge in [0.15, 0.2) is 0 Å². The molecule has 1 amide bonds. The SMILES string of the molecule is Cl.O=C(Nc1ccc2c(c1F)CCNC2)c1cc2c(s1)CCC2. The Morgan fingerprint density at radius 3 is 2.91 bits per heavy atom. The number of amides is 1. The number of aryl methyl sites for hydroxylation is 2. The van der Waals surface area contributed by atoms with Crippen molar-refractivity contribution in [2.45, 2.75) is 32.2 Å². The van der Waals surface area contributed by atoms with E-state index in [0.717, 1.165) is 30.5 Å². The minimum absolute atomic E-state index is 0. The fourth-order valence-corrected chi connectivity index (χ4v) is 4.40. The van der Waals surface area contributed by atoms with Gasteiger partial charge in [0.05, 0.1) is 10.6 Å². The molecule has 23 heavy (non-hydrogen) atoms. The summed E-state index contributed by atoms with van der Waals surface area (Å²) in [4.78, 5) is 14.4. The molecule has 122 valence electrons. The maximum Gasteiger partial charge on any atom is 0.265 e. The third-order valence-corrected chi connectivity index (χ3v) is 5.66. The fraction of sp³-hybridized carbons (Fsp3) is 0.353. The van der Waals surface area contributed by atoms with Crippen LogP contribution in [0.2, 0.25) is 0 Å².